The molecule has 1 aliphatic rings. The third-order valence-corrected chi connectivity index (χ3v) is 3.54. The first-order chi connectivity index (χ1) is 8.91. The lowest BCUT2D eigenvalue weighted by molar-refractivity contribution is -0.385. The first-order valence-electron chi connectivity index (χ1n) is 6.02. The van der Waals surface area contributed by atoms with E-state index in [0.29, 0.717) is 5.92 Å². The second-order valence-corrected chi connectivity index (χ2v) is 4.82. The number of carboxylic acids is 1. The number of pyridine rings is 1. The van der Waals surface area contributed by atoms with Crippen molar-refractivity contribution in [1.29, 1.82) is 0 Å². The van der Waals surface area contributed by atoms with Crippen LogP contribution in [-0.4, -0.2) is 34.1 Å². The fourth-order valence-electron chi connectivity index (χ4n) is 2.07. The zero-order chi connectivity index (χ0) is 14.2. The Labute approximate surface area is 110 Å². The molecule has 1 aromatic rings. The summed E-state index contributed by atoms with van der Waals surface area (Å²) in [6.07, 6.45) is 3.35. The Bertz CT molecular complexity index is 528. The summed E-state index contributed by atoms with van der Waals surface area (Å²) < 4.78 is 0. The summed E-state index contributed by atoms with van der Waals surface area (Å²) in [6, 6.07) is 1.23. The second-order valence-electron chi connectivity index (χ2n) is 4.82. The molecular formula is C12H15N3O4. The molecule has 0 aliphatic heterocycles. The monoisotopic (exact) mass is 265 g/mol. The average molecular weight is 265 g/mol. The van der Waals surface area contributed by atoms with E-state index in [-0.39, 0.29) is 23.1 Å². The number of aromatic nitrogens is 1. The van der Waals surface area contributed by atoms with Crippen molar-refractivity contribution in [1.82, 2.24) is 4.98 Å². The van der Waals surface area contributed by atoms with Gasteiger partial charge in [-0.1, -0.05) is 0 Å². The van der Waals surface area contributed by atoms with Crippen molar-refractivity contribution in [2.45, 2.75) is 25.8 Å². The van der Waals surface area contributed by atoms with Crippen LogP contribution in [0, 0.1) is 16.0 Å². The lowest BCUT2D eigenvalue weighted by Crippen LogP contribution is -2.32. The van der Waals surface area contributed by atoms with E-state index in [0.717, 1.165) is 25.1 Å². The number of nitrogens with zero attached hydrogens (tertiary/aromatic N) is 3. The van der Waals surface area contributed by atoms with Crippen LogP contribution < -0.4 is 4.90 Å². The van der Waals surface area contributed by atoms with Gasteiger partial charge in [0.05, 0.1) is 4.92 Å². The van der Waals surface area contributed by atoms with E-state index < -0.39 is 10.9 Å². The van der Waals surface area contributed by atoms with Crippen molar-refractivity contribution in [3.8, 4) is 0 Å². The van der Waals surface area contributed by atoms with Gasteiger partial charge in [-0.2, -0.15) is 0 Å². The standard InChI is InChI=1S/C12H15N3O4/c1-7(8-3-4-8)14(2)11-10(12(16)17)5-9(6-13-11)15(18)19/h5-8H,3-4H2,1-2H3,(H,16,17). The molecule has 1 heterocycles. The van der Waals surface area contributed by atoms with Gasteiger partial charge in [-0.25, -0.2) is 9.78 Å². The van der Waals surface area contributed by atoms with Crippen molar-refractivity contribution >= 4 is 17.5 Å². The van der Waals surface area contributed by atoms with Crippen LogP contribution >= 0.6 is 0 Å². The van der Waals surface area contributed by atoms with Crippen molar-refractivity contribution in [3.63, 3.8) is 0 Å². The van der Waals surface area contributed by atoms with Crippen molar-refractivity contribution in [2.24, 2.45) is 5.92 Å². The molecule has 0 bridgehead atoms. The fraction of sp³-hybridized carbons (Fsp3) is 0.500. The van der Waals surface area contributed by atoms with Crippen LogP contribution in [0.5, 0.6) is 0 Å². The van der Waals surface area contributed by atoms with E-state index in [9.17, 15) is 14.9 Å². The SMILES string of the molecule is CC(C1CC1)N(C)c1ncc([N+](=O)[O-])cc1C(=O)O. The number of hydrogen-bond acceptors (Lipinski definition) is 5. The third-order valence-electron chi connectivity index (χ3n) is 3.54. The van der Waals surface area contributed by atoms with Gasteiger partial charge in [-0.3, -0.25) is 10.1 Å². The van der Waals surface area contributed by atoms with Crippen LogP contribution in [0.15, 0.2) is 12.3 Å². The molecule has 1 unspecified atom stereocenters. The normalized spacial score (nSPS) is 15.9. The molecule has 1 fully saturated rings. The smallest absolute Gasteiger partial charge is 0.339 e. The molecule has 1 saturated carbocycles. The van der Waals surface area contributed by atoms with E-state index in [4.69, 9.17) is 5.11 Å². The Morgan fingerprint density at radius 3 is 2.74 bits per heavy atom. The summed E-state index contributed by atoms with van der Waals surface area (Å²) in [4.78, 5) is 27.0. The highest BCUT2D eigenvalue weighted by atomic mass is 16.6. The zero-order valence-electron chi connectivity index (χ0n) is 10.7. The maximum Gasteiger partial charge on any atom is 0.339 e. The predicted octanol–water partition coefficient (Wildman–Crippen LogP) is 1.92. The minimum Gasteiger partial charge on any atom is -0.478 e. The molecule has 7 heteroatoms. The molecule has 1 aliphatic carbocycles. The van der Waals surface area contributed by atoms with Crippen LogP contribution in [0.1, 0.15) is 30.1 Å². The Morgan fingerprint density at radius 1 is 1.63 bits per heavy atom. The zero-order valence-corrected chi connectivity index (χ0v) is 10.7. The molecule has 0 saturated heterocycles. The molecular weight excluding hydrogens is 250 g/mol. The van der Waals surface area contributed by atoms with Gasteiger partial charge in [0.2, 0.25) is 0 Å². The number of aromatic carboxylic acids is 1. The van der Waals surface area contributed by atoms with Gasteiger partial charge < -0.3 is 10.0 Å². The van der Waals surface area contributed by atoms with Crippen LogP contribution in [-0.2, 0) is 0 Å². The first-order valence-corrected chi connectivity index (χ1v) is 6.02. The van der Waals surface area contributed by atoms with E-state index in [1.165, 1.54) is 0 Å². The summed E-state index contributed by atoms with van der Waals surface area (Å²) in [7, 11) is 1.77. The van der Waals surface area contributed by atoms with Gasteiger partial charge in [-0.15, -0.1) is 0 Å². The lowest BCUT2D eigenvalue weighted by atomic mass is 10.1. The second kappa shape index (κ2) is 4.83. The highest BCUT2D eigenvalue weighted by molar-refractivity contribution is 5.94. The van der Waals surface area contributed by atoms with E-state index >= 15 is 0 Å². The summed E-state index contributed by atoms with van der Waals surface area (Å²) in [5.74, 6) is -0.387. The van der Waals surface area contributed by atoms with Gasteiger partial charge in [0.1, 0.15) is 17.6 Å². The van der Waals surface area contributed by atoms with Crippen molar-refractivity contribution in [3.05, 3.63) is 27.9 Å². The molecule has 0 spiro atoms. The molecule has 1 aromatic heterocycles. The molecule has 1 N–H and O–H groups in total. The highest BCUT2D eigenvalue weighted by Crippen LogP contribution is 2.36. The third kappa shape index (κ3) is 2.64. The molecule has 2 rings (SSSR count). The van der Waals surface area contributed by atoms with Crippen molar-refractivity contribution < 1.29 is 14.8 Å². The topological polar surface area (TPSA) is 96.6 Å². The van der Waals surface area contributed by atoms with Gasteiger partial charge in [0, 0.05) is 19.2 Å². The van der Waals surface area contributed by atoms with Crippen LogP contribution in [0.25, 0.3) is 0 Å². The van der Waals surface area contributed by atoms with Crippen LogP contribution in [0.3, 0.4) is 0 Å². The average Bonchev–Trinajstić information content (AvgIpc) is 3.20. The lowest BCUT2D eigenvalue weighted by Gasteiger charge is -2.26. The molecule has 1 atom stereocenters. The Kier molecular flexibility index (Phi) is 3.37. The number of rotatable bonds is 5. The minimum absolute atomic E-state index is 0.135. The van der Waals surface area contributed by atoms with Gasteiger partial charge in [0.15, 0.2) is 0 Å². The van der Waals surface area contributed by atoms with Crippen LogP contribution in [0.4, 0.5) is 11.5 Å². The Hall–Kier alpha value is -2.18. The van der Waals surface area contributed by atoms with Gasteiger partial charge >= 0.3 is 5.97 Å². The van der Waals surface area contributed by atoms with E-state index in [1.807, 2.05) is 6.92 Å². The summed E-state index contributed by atoms with van der Waals surface area (Å²) in [5.41, 5.74) is -0.446. The fourth-order valence-corrected chi connectivity index (χ4v) is 2.07. The summed E-state index contributed by atoms with van der Waals surface area (Å²) in [5, 5.41) is 19.8. The maximum atomic E-state index is 11.2. The summed E-state index contributed by atoms with van der Waals surface area (Å²) >= 11 is 0. The molecule has 19 heavy (non-hydrogen) atoms. The van der Waals surface area contributed by atoms with Gasteiger partial charge in [0.25, 0.3) is 5.69 Å². The molecule has 0 radical (unpaired) electrons. The van der Waals surface area contributed by atoms with Gasteiger partial charge in [-0.05, 0) is 25.7 Å². The van der Waals surface area contributed by atoms with E-state index in [2.05, 4.69) is 4.98 Å². The number of anilines is 1. The van der Waals surface area contributed by atoms with E-state index in [1.54, 1.807) is 11.9 Å². The molecule has 0 amide bonds. The Balaban J connectivity index is 2.38. The highest BCUT2D eigenvalue weighted by Gasteiger charge is 2.32. The number of carbonyl (C=O) groups is 1. The molecule has 7 nitrogen and oxygen atoms in total. The van der Waals surface area contributed by atoms with Crippen molar-refractivity contribution in [2.75, 3.05) is 11.9 Å². The number of carboxylic acid groups (broad SMARTS) is 1. The number of hydrogen-bond donors (Lipinski definition) is 1. The predicted molar refractivity (Wildman–Crippen MR) is 68.4 cm³/mol. The first kappa shape index (κ1) is 13.3. The van der Waals surface area contributed by atoms with Crippen LogP contribution in [0.2, 0.25) is 0 Å². The summed E-state index contributed by atoms with van der Waals surface area (Å²) in [6.45, 7) is 2.01. The largest absolute Gasteiger partial charge is 0.478 e. The maximum absolute atomic E-state index is 11.2. The quantitative estimate of drug-likeness (QED) is 0.645. The molecule has 0 aromatic carbocycles. The minimum atomic E-state index is -1.21. The Morgan fingerprint density at radius 2 is 2.26 bits per heavy atom. The number of nitro groups is 1. The molecule has 102 valence electrons.